The van der Waals surface area contributed by atoms with Crippen LogP contribution in [-0.4, -0.2) is 186 Å². The van der Waals surface area contributed by atoms with Gasteiger partial charge in [0.15, 0.2) is 0 Å². The van der Waals surface area contributed by atoms with Crippen LogP contribution >= 0.6 is 0 Å². The van der Waals surface area contributed by atoms with Crippen molar-refractivity contribution < 1.29 is 76.9 Å². The predicted octanol–water partition coefficient (Wildman–Crippen LogP) is -2.41. The molecule has 0 aliphatic carbocycles. The van der Waals surface area contributed by atoms with Crippen molar-refractivity contribution in [2.75, 3.05) is 159 Å². The second-order valence-electron chi connectivity index (χ2n) is 7.85. The van der Waals surface area contributed by atoms with E-state index in [0.29, 0.717) is 52.9 Å². The lowest BCUT2D eigenvalue weighted by Gasteiger charge is -2.41. The van der Waals surface area contributed by atoms with Crippen molar-refractivity contribution in [3.05, 3.63) is 0 Å². The zero-order valence-corrected chi connectivity index (χ0v) is 24.2. The van der Waals surface area contributed by atoms with E-state index in [-0.39, 0.29) is 106 Å². The highest BCUT2D eigenvalue weighted by Gasteiger charge is 2.32. The molecule has 0 amide bonds. The van der Waals surface area contributed by atoms with Crippen LogP contribution in [0.3, 0.4) is 0 Å². The largest absolute Gasteiger partial charge is 0.531 e. The summed E-state index contributed by atoms with van der Waals surface area (Å²) in [4.78, 5) is 0. The number of hydrogen-bond acceptors (Lipinski definition) is 16. The van der Waals surface area contributed by atoms with E-state index >= 15 is 0 Å². The Balaban J connectivity index is 4.82. The van der Waals surface area contributed by atoms with E-state index in [1.807, 2.05) is 0 Å². The van der Waals surface area contributed by atoms with E-state index < -0.39 is 6.96 Å². The summed E-state index contributed by atoms with van der Waals surface area (Å²) in [5, 5.41) is 35.0. The van der Waals surface area contributed by atoms with Gasteiger partial charge in [0.2, 0.25) is 0 Å². The molecule has 0 aliphatic heterocycles. The van der Waals surface area contributed by atoms with Crippen molar-refractivity contribution in [1.82, 2.24) is 0 Å². The van der Waals surface area contributed by atoms with Crippen molar-refractivity contribution >= 4 is 6.96 Å². The van der Waals surface area contributed by atoms with E-state index in [1.165, 1.54) is 0 Å². The van der Waals surface area contributed by atoms with Gasteiger partial charge in [0.25, 0.3) is 0 Å². The van der Waals surface area contributed by atoms with Crippen LogP contribution in [0, 0.1) is 0 Å². The molecule has 248 valence electrons. The fourth-order valence-corrected chi connectivity index (χ4v) is 2.84. The molecule has 0 aromatic carbocycles. The summed E-state index contributed by atoms with van der Waals surface area (Å²) in [6, 6.07) is 0. The van der Waals surface area contributed by atoms with Gasteiger partial charge in [-0.15, -0.1) is 0 Å². The number of aliphatic hydroxyl groups excluding tert-OH is 4. The fourth-order valence-electron chi connectivity index (χ4n) is 2.84. The first kappa shape index (κ1) is 40.4. The van der Waals surface area contributed by atoms with E-state index in [0.717, 1.165) is 0 Å². The number of hydrogen-bond donors (Lipinski definition) is 4. The van der Waals surface area contributed by atoms with E-state index in [4.69, 9.17) is 76.9 Å². The molecule has 0 aliphatic rings. The highest BCUT2D eigenvalue weighted by Crippen LogP contribution is 2.13. The highest BCUT2D eigenvalue weighted by atomic mass is 16.9. The molecule has 4 N–H and O–H groups in total. The summed E-state index contributed by atoms with van der Waals surface area (Å²) in [5.41, 5.74) is 0. The zero-order chi connectivity index (χ0) is 30.0. The lowest BCUT2D eigenvalue weighted by molar-refractivity contribution is -0.0748. The van der Waals surface area contributed by atoms with Gasteiger partial charge in [-0.1, -0.05) is 0 Å². The SMILES string of the molecule is OCCOCCOCCO[B-](OCCOCCOCCO)(OCCOCCOCCO)OCCOCCOCCO. The molecule has 0 fully saturated rings. The monoisotopic (exact) mass is 607 g/mol. The summed E-state index contributed by atoms with van der Waals surface area (Å²) in [6.45, 7) is 1.77. The third-order valence-corrected chi connectivity index (χ3v) is 4.63. The topological polar surface area (TPSA) is 192 Å². The molecule has 0 aromatic rings. The Morgan fingerprint density at radius 3 is 0.610 bits per heavy atom. The van der Waals surface area contributed by atoms with Crippen molar-refractivity contribution in [2.24, 2.45) is 0 Å². The van der Waals surface area contributed by atoms with Crippen LogP contribution in [0.2, 0.25) is 0 Å². The molecule has 0 spiro atoms. The number of aliphatic hydroxyl groups is 4. The molecule has 0 saturated heterocycles. The standard InChI is InChI=1S/C24H52BO16/c26-1-5-30-9-13-34-17-21-38-25(39-22-18-35-14-10-31-6-2-27,40-23-19-36-15-11-32-7-3-28)41-24-20-37-16-12-33-8-4-29/h26-29H,1-24H2/q-1. The van der Waals surface area contributed by atoms with Crippen LogP contribution in [0.5, 0.6) is 0 Å². The maximum Gasteiger partial charge on any atom is 0.531 e. The Labute approximate surface area is 242 Å². The average Bonchev–Trinajstić information content (AvgIpc) is 2.98. The van der Waals surface area contributed by atoms with Gasteiger partial charge in [0.05, 0.1) is 132 Å². The van der Waals surface area contributed by atoms with Gasteiger partial charge in [-0.25, -0.2) is 0 Å². The molecule has 0 radical (unpaired) electrons. The van der Waals surface area contributed by atoms with Gasteiger partial charge in [0, 0.05) is 26.4 Å². The lowest BCUT2D eigenvalue weighted by Crippen LogP contribution is -2.51. The van der Waals surface area contributed by atoms with Gasteiger partial charge in [-0.2, -0.15) is 0 Å². The quantitative estimate of drug-likeness (QED) is 0.0435. The van der Waals surface area contributed by atoms with E-state index in [9.17, 15) is 0 Å². The predicted molar refractivity (Wildman–Crippen MR) is 144 cm³/mol. The van der Waals surface area contributed by atoms with Crippen molar-refractivity contribution in [2.45, 2.75) is 0 Å². The first-order valence-corrected chi connectivity index (χ1v) is 14.0. The smallest absolute Gasteiger partial charge is 0.517 e. The van der Waals surface area contributed by atoms with E-state index in [2.05, 4.69) is 0 Å². The third kappa shape index (κ3) is 29.3. The first-order chi connectivity index (χ1) is 20.2. The Hall–Kier alpha value is -0.575. The zero-order valence-electron chi connectivity index (χ0n) is 24.2. The summed E-state index contributed by atoms with van der Waals surface area (Å²) in [6.07, 6.45) is 0. The number of rotatable bonds is 36. The maximum atomic E-state index is 8.76. The molecule has 0 aromatic heterocycles. The summed E-state index contributed by atoms with van der Waals surface area (Å²) in [5.74, 6) is 0. The van der Waals surface area contributed by atoms with Crippen LogP contribution in [-0.2, 0) is 56.5 Å². The van der Waals surface area contributed by atoms with Gasteiger partial charge in [0.1, 0.15) is 0 Å². The van der Waals surface area contributed by atoms with Crippen molar-refractivity contribution in [3.8, 4) is 0 Å². The molecular formula is C24H52BO16-. The second kappa shape index (κ2) is 33.9. The summed E-state index contributed by atoms with van der Waals surface area (Å²) in [7, 11) is 0. The van der Waals surface area contributed by atoms with Gasteiger partial charge in [-0.05, 0) is 0 Å². The lowest BCUT2D eigenvalue weighted by atomic mass is 10.0. The second-order valence-corrected chi connectivity index (χ2v) is 7.85. The fraction of sp³-hybridized carbons (Fsp3) is 1.00. The minimum Gasteiger partial charge on any atom is -0.517 e. The minimum absolute atomic E-state index is 0.0572. The molecule has 41 heavy (non-hydrogen) atoms. The minimum atomic E-state index is -2.71. The molecule has 17 heteroatoms. The normalized spacial score (nSPS) is 12.0. The summed E-state index contributed by atoms with van der Waals surface area (Å²) < 4.78 is 66.2. The molecular weight excluding hydrogens is 555 g/mol. The van der Waals surface area contributed by atoms with Crippen LogP contribution in [0.1, 0.15) is 0 Å². The molecule has 0 saturated carbocycles. The molecule has 0 unspecified atom stereocenters. The maximum absolute atomic E-state index is 8.76. The molecule has 16 nitrogen and oxygen atoms in total. The number of ether oxygens (including phenoxy) is 8. The van der Waals surface area contributed by atoms with Crippen molar-refractivity contribution in [3.63, 3.8) is 0 Å². The van der Waals surface area contributed by atoms with Crippen LogP contribution in [0.15, 0.2) is 0 Å². The van der Waals surface area contributed by atoms with E-state index in [1.54, 1.807) is 0 Å². The average molecular weight is 607 g/mol. The highest BCUT2D eigenvalue weighted by molar-refractivity contribution is 6.53. The van der Waals surface area contributed by atoms with Gasteiger partial charge in [-0.3, -0.25) is 0 Å². The molecule has 0 bridgehead atoms. The summed E-state index contributed by atoms with van der Waals surface area (Å²) >= 11 is 0. The third-order valence-electron chi connectivity index (χ3n) is 4.63. The Kier molecular flexibility index (Phi) is 33.4. The Morgan fingerprint density at radius 2 is 0.415 bits per heavy atom. The Bertz CT molecular complexity index is 411. The van der Waals surface area contributed by atoms with Crippen LogP contribution in [0.25, 0.3) is 0 Å². The van der Waals surface area contributed by atoms with Crippen LogP contribution < -0.4 is 0 Å². The Morgan fingerprint density at radius 1 is 0.244 bits per heavy atom. The van der Waals surface area contributed by atoms with Gasteiger partial charge >= 0.3 is 6.96 Å². The molecule has 0 heterocycles. The van der Waals surface area contributed by atoms with Gasteiger partial charge < -0.3 is 76.9 Å². The van der Waals surface area contributed by atoms with Crippen molar-refractivity contribution in [1.29, 1.82) is 0 Å². The first-order valence-electron chi connectivity index (χ1n) is 14.0. The molecule has 0 atom stereocenters. The molecule has 0 rings (SSSR count). The van der Waals surface area contributed by atoms with Crippen LogP contribution in [0.4, 0.5) is 0 Å².